The molecule has 0 radical (unpaired) electrons. The Morgan fingerprint density at radius 3 is 2.35 bits per heavy atom. The molecular weight excluding hydrogens is 208 g/mol. The third-order valence-corrected chi connectivity index (χ3v) is 4.73. The Balaban J connectivity index is 2.84. The molecule has 1 rings (SSSR count). The van der Waals surface area contributed by atoms with Crippen molar-refractivity contribution >= 4 is 0 Å². The fourth-order valence-corrected chi connectivity index (χ4v) is 2.77. The van der Waals surface area contributed by atoms with Crippen molar-refractivity contribution in [3.05, 3.63) is 0 Å². The van der Waals surface area contributed by atoms with Gasteiger partial charge in [0.2, 0.25) is 0 Å². The highest BCUT2D eigenvalue weighted by Crippen LogP contribution is 2.31. The maximum absolute atomic E-state index is 3.77. The van der Waals surface area contributed by atoms with Gasteiger partial charge in [-0.05, 0) is 32.1 Å². The smallest absolute Gasteiger partial charge is 0.0306 e. The van der Waals surface area contributed by atoms with Gasteiger partial charge in [-0.2, -0.15) is 0 Å². The number of rotatable bonds is 3. The number of hydrogen-bond donors (Lipinski definition) is 1. The van der Waals surface area contributed by atoms with Crippen molar-refractivity contribution in [3.63, 3.8) is 0 Å². The van der Waals surface area contributed by atoms with E-state index in [1.807, 2.05) is 0 Å². The monoisotopic (exact) mass is 240 g/mol. The Morgan fingerprint density at radius 1 is 1.35 bits per heavy atom. The van der Waals surface area contributed by atoms with Crippen LogP contribution in [-0.2, 0) is 0 Å². The summed E-state index contributed by atoms with van der Waals surface area (Å²) < 4.78 is 0. The van der Waals surface area contributed by atoms with E-state index in [-0.39, 0.29) is 0 Å². The summed E-state index contributed by atoms with van der Waals surface area (Å²) in [6.07, 6.45) is 2.47. The average Bonchev–Trinajstić information content (AvgIpc) is 2.27. The summed E-state index contributed by atoms with van der Waals surface area (Å²) in [5.41, 5.74) is 0.679. The predicted octanol–water partition coefficient (Wildman–Crippen LogP) is 3.27. The zero-order valence-electron chi connectivity index (χ0n) is 12.9. The van der Waals surface area contributed by atoms with Gasteiger partial charge in [-0.3, -0.25) is 4.90 Å². The molecule has 3 unspecified atom stereocenters. The normalized spacial score (nSPS) is 33.7. The highest BCUT2D eigenvalue weighted by molar-refractivity contribution is 4.99. The lowest BCUT2D eigenvalue weighted by molar-refractivity contribution is -0.00659. The second kappa shape index (κ2) is 5.27. The van der Waals surface area contributed by atoms with Gasteiger partial charge in [-0.25, -0.2) is 0 Å². The molecule has 1 saturated heterocycles. The summed E-state index contributed by atoms with van der Waals surface area (Å²) in [7, 11) is 0. The van der Waals surface area contributed by atoms with Crippen LogP contribution in [0.4, 0.5) is 0 Å². The van der Waals surface area contributed by atoms with Crippen LogP contribution in [0.25, 0.3) is 0 Å². The van der Waals surface area contributed by atoms with Crippen LogP contribution >= 0.6 is 0 Å². The van der Waals surface area contributed by atoms with Crippen LogP contribution in [0.1, 0.15) is 61.3 Å². The van der Waals surface area contributed by atoms with Crippen molar-refractivity contribution in [2.75, 3.05) is 13.1 Å². The lowest BCUT2D eigenvalue weighted by atomic mass is 9.81. The van der Waals surface area contributed by atoms with Gasteiger partial charge in [0.05, 0.1) is 0 Å². The van der Waals surface area contributed by atoms with E-state index in [9.17, 15) is 0 Å². The number of piperazine rings is 1. The third-order valence-electron chi connectivity index (χ3n) is 4.73. The first kappa shape index (κ1) is 15.0. The van der Waals surface area contributed by atoms with Crippen LogP contribution in [0, 0.1) is 5.41 Å². The minimum atomic E-state index is 0.331. The van der Waals surface area contributed by atoms with E-state index in [2.05, 4.69) is 58.7 Å². The molecule has 1 heterocycles. The summed E-state index contributed by atoms with van der Waals surface area (Å²) >= 11 is 0. The fraction of sp³-hybridized carbons (Fsp3) is 1.00. The zero-order valence-corrected chi connectivity index (χ0v) is 12.9. The fourth-order valence-electron chi connectivity index (χ4n) is 2.77. The van der Waals surface area contributed by atoms with Crippen LogP contribution in [0.2, 0.25) is 0 Å². The van der Waals surface area contributed by atoms with Gasteiger partial charge in [0.25, 0.3) is 0 Å². The van der Waals surface area contributed by atoms with E-state index < -0.39 is 0 Å². The van der Waals surface area contributed by atoms with Gasteiger partial charge in [0.1, 0.15) is 0 Å². The first-order valence-electron chi connectivity index (χ1n) is 7.24. The van der Waals surface area contributed by atoms with Gasteiger partial charge >= 0.3 is 0 Å². The minimum Gasteiger partial charge on any atom is -0.310 e. The molecule has 0 aromatic carbocycles. The molecule has 1 N–H and O–H groups in total. The molecule has 1 aliphatic rings. The Hall–Kier alpha value is -0.0800. The average molecular weight is 240 g/mol. The summed E-state index contributed by atoms with van der Waals surface area (Å²) in [5, 5.41) is 3.77. The lowest BCUT2D eigenvalue weighted by Crippen LogP contribution is -2.67. The molecule has 0 amide bonds. The topological polar surface area (TPSA) is 15.3 Å². The zero-order chi connectivity index (χ0) is 13.3. The molecule has 0 aromatic heterocycles. The van der Waals surface area contributed by atoms with Crippen molar-refractivity contribution < 1.29 is 0 Å². The molecule has 102 valence electrons. The first-order valence-corrected chi connectivity index (χ1v) is 7.24. The number of nitrogens with zero attached hydrogens (tertiary/aromatic N) is 1. The van der Waals surface area contributed by atoms with Crippen molar-refractivity contribution in [1.82, 2.24) is 10.2 Å². The molecule has 3 atom stereocenters. The van der Waals surface area contributed by atoms with Crippen molar-refractivity contribution in [1.29, 1.82) is 0 Å². The second-order valence-corrected chi connectivity index (χ2v) is 7.06. The largest absolute Gasteiger partial charge is 0.310 e. The van der Waals surface area contributed by atoms with E-state index in [1.165, 1.54) is 19.4 Å². The number of hydrogen-bond acceptors (Lipinski definition) is 2. The molecule has 2 nitrogen and oxygen atoms in total. The van der Waals surface area contributed by atoms with Crippen molar-refractivity contribution in [2.45, 2.75) is 78.9 Å². The van der Waals surface area contributed by atoms with Gasteiger partial charge in [0, 0.05) is 30.7 Å². The van der Waals surface area contributed by atoms with E-state index >= 15 is 0 Å². The quantitative estimate of drug-likeness (QED) is 0.814. The highest BCUT2D eigenvalue weighted by Gasteiger charge is 2.41. The Kier molecular flexibility index (Phi) is 4.65. The first-order chi connectivity index (χ1) is 7.74. The van der Waals surface area contributed by atoms with E-state index in [4.69, 9.17) is 0 Å². The molecule has 1 aliphatic heterocycles. The number of nitrogens with one attached hydrogen (secondary N) is 1. The molecule has 0 bridgehead atoms. The van der Waals surface area contributed by atoms with Gasteiger partial charge in [-0.1, -0.05) is 34.6 Å². The van der Waals surface area contributed by atoms with Gasteiger partial charge in [0.15, 0.2) is 0 Å². The highest BCUT2D eigenvalue weighted by atomic mass is 15.3. The van der Waals surface area contributed by atoms with Crippen molar-refractivity contribution in [3.8, 4) is 0 Å². The van der Waals surface area contributed by atoms with Crippen LogP contribution < -0.4 is 5.32 Å². The Labute approximate surface area is 108 Å². The molecule has 2 heteroatoms. The molecule has 0 aliphatic carbocycles. The summed E-state index contributed by atoms with van der Waals surface area (Å²) in [6, 6.07) is 1.29. The Bertz CT molecular complexity index is 244. The molecule has 1 fully saturated rings. The summed E-state index contributed by atoms with van der Waals surface area (Å²) in [5.74, 6) is 0. The molecular formula is C15H32N2. The SMILES string of the molecule is CCC(C)N1CC(C(C)(C)C)NCC1(C)CC. The third kappa shape index (κ3) is 3.23. The van der Waals surface area contributed by atoms with Crippen LogP contribution in [0.15, 0.2) is 0 Å². The molecule has 0 spiro atoms. The summed E-state index contributed by atoms with van der Waals surface area (Å²) in [6.45, 7) is 18.7. The van der Waals surface area contributed by atoms with Crippen molar-refractivity contribution in [2.24, 2.45) is 5.41 Å². The van der Waals surface area contributed by atoms with E-state index in [0.29, 0.717) is 23.0 Å². The van der Waals surface area contributed by atoms with E-state index in [0.717, 1.165) is 6.54 Å². The summed E-state index contributed by atoms with van der Waals surface area (Å²) in [4.78, 5) is 2.74. The lowest BCUT2D eigenvalue weighted by Gasteiger charge is -2.53. The standard InChI is InChI=1S/C15H32N2/c1-8-12(3)17-10-13(14(4,5)6)16-11-15(17,7)9-2/h12-13,16H,8-11H2,1-7H3. The second-order valence-electron chi connectivity index (χ2n) is 7.06. The maximum Gasteiger partial charge on any atom is 0.0306 e. The van der Waals surface area contributed by atoms with Gasteiger partial charge < -0.3 is 5.32 Å². The maximum atomic E-state index is 3.77. The molecule has 17 heavy (non-hydrogen) atoms. The molecule has 0 aromatic rings. The van der Waals surface area contributed by atoms with Gasteiger partial charge in [-0.15, -0.1) is 0 Å². The predicted molar refractivity (Wildman–Crippen MR) is 76.4 cm³/mol. The minimum absolute atomic E-state index is 0.331. The Morgan fingerprint density at radius 2 is 1.94 bits per heavy atom. The van der Waals surface area contributed by atoms with Crippen LogP contribution in [0.5, 0.6) is 0 Å². The van der Waals surface area contributed by atoms with E-state index in [1.54, 1.807) is 0 Å². The van der Waals surface area contributed by atoms with Crippen LogP contribution in [-0.4, -0.2) is 35.6 Å². The molecule has 0 saturated carbocycles. The van der Waals surface area contributed by atoms with Crippen LogP contribution in [0.3, 0.4) is 0 Å².